The van der Waals surface area contributed by atoms with Crippen LogP contribution in [0, 0.1) is 26.6 Å². The Bertz CT molecular complexity index is 1060. The highest BCUT2D eigenvalue weighted by Crippen LogP contribution is 2.22. The number of nitrogens with zero attached hydrogens (tertiary/aromatic N) is 1. The predicted molar refractivity (Wildman–Crippen MR) is 101 cm³/mol. The molecule has 0 aliphatic carbocycles. The third-order valence-corrected chi connectivity index (χ3v) is 5.87. The van der Waals surface area contributed by atoms with Crippen molar-refractivity contribution < 1.29 is 17.2 Å². The highest BCUT2D eigenvalue weighted by molar-refractivity contribution is 7.89. The standard InChI is InChI=1S/C20H21FN2O3S/c1-13-4-5-14(2)19(12-13)27(24,25)22-11-10-18-15(3)26-20(23-18)16-6-8-17(21)9-7-16/h4-9,12,22H,10-11H2,1-3H3. The van der Waals surface area contributed by atoms with Gasteiger partial charge in [-0.3, -0.25) is 0 Å². The third-order valence-electron chi connectivity index (χ3n) is 4.27. The van der Waals surface area contributed by atoms with Crippen LogP contribution in [0.15, 0.2) is 51.8 Å². The highest BCUT2D eigenvalue weighted by atomic mass is 32.2. The maximum Gasteiger partial charge on any atom is 0.240 e. The number of aromatic nitrogens is 1. The smallest absolute Gasteiger partial charge is 0.240 e. The minimum absolute atomic E-state index is 0.200. The molecule has 5 nitrogen and oxygen atoms in total. The molecule has 0 saturated carbocycles. The van der Waals surface area contributed by atoms with Crippen LogP contribution in [0.5, 0.6) is 0 Å². The summed E-state index contributed by atoms with van der Waals surface area (Å²) in [7, 11) is -3.60. The van der Waals surface area contributed by atoms with E-state index in [1.807, 2.05) is 13.0 Å². The maximum absolute atomic E-state index is 13.0. The van der Waals surface area contributed by atoms with Crippen LogP contribution >= 0.6 is 0 Å². The molecule has 1 heterocycles. The average molecular weight is 388 g/mol. The molecule has 1 aromatic heterocycles. The van der Waals surface area contributed by atoms with Gasteiger partial charge in [0.25, 0.3) is 0 Å². The van der Waals surface area contributed by atoms with Crippen molar-refractivity contribution in [2.45, 2.75) is 32.1 Å². The van der Waals surface area contributed by atoms with Gasteiger partial charge in [0.2, 0.25) is 15.9 Å². The quantitative estimate of drug-likeness (QED) is 0.695. The fourth-order valence-electron chi connectivity index (χ4n) is 2.75. The molecule has 7 heteroatoms. The van der Waals surface area contributed by atoms with Crippen LogP contribution in [0.1, 0.15) is 22.6 Å². The summed E-state index contributed by atoms with van der Waals surface area (Å²) >= 11 is 0. The second-order valence-corrected chi connectivity index (χ2v) is 8.18. The van der Waals surface area contributed by atoms with E-state index < -0.39 is 10.0 Å². The second kappa shape index (κ2) is 7.62. The number of sulfonamides is 1. The summed E-state index contributed by atoms with van der Waals surface area (Å²) in [6, 6.07) is 11.2. The number of aryl methyl sites for hydroxylation is 3. The number of halogens is 1. The number of benzene rings is 2. The van der Waals surface area contributed by atoms with Crippen molar-refractivity contribution in [3.05, 3.63) is 70.9 Å². The van der Waals surface area contributed by atoms with Gasteiger partial charge in [-0.1, -0.05) is 12.1 Å². The fourth-order valence-corrected chi connectivity index (χ4v) is 4.11. The Balaban J connectivity index is 1.70. The Kier molecular flexibility index (Phi) is 5.43. The van der Waals surface area contributed by atoms with Gasteiger partial charge in [0.1, 0.15) is 11.6 Å². The number of nitrogens with one attached hydrogen (secondary N) is 1. The molecule has 142 valence electrons. The molecule has 0 amide bonds. The van der Waals surface area contributed by atoms with E-state index in [-0.39, 0.29) is 17.3 Å². The largest absolute Gasteiger partial charge is 0.441 e. The van der Waals surface area contributed by atoms with Crippen LogP contribution in [-0.2, 0) is 16.4 Å². The summed E-state index contributed by atoms with van der Waals surface area (Å²) in [4.78, 5) is 4.69. The normalized spacial score (nSPS) is 11.7. The molecule has 0 atom stereocenters. The van der Waals surface area contributed by atoms with Gasteiger partial charge in [-0.05, 0) is 62.2 Å². The number of rotatable bonds is 6. The van der Waals surface area contributed by atoms with Gasteiger partial charge in [0.15, 0.2) is 0 Å². The van der Waals surface area contributed by atoms with Crippen LogP contribution in [0.4, 0.5) is 4.39 Å². The summed E-state index contributed by atoms with van der Waals surface area (Å²) in [6.07, 6.45) is 0.390. The van der Waals surface area contributed by atoms with Crippen LogP contribution in [0.25, 0.3) is 11.5 Å². The van der Waals surface area contributed by atoms with Crippen molar-refractivity contribution in [3.63, 3.8) is 0 Å². The lowest BCUT2D eigenvalue weighted by molar-refractivity contribution is 0.538. The van der Waals surface area contributed by atoms with Gasteiger partial charge in [0, 0.05) is 18.5 Å². The summed E-state index contributed by atoms with van der Waals surface area (Å²) in [5.41, 5.74) is 2.92. The highest BCUT2D eigenvalue weighted by Gasteiger charge is 2.18. The Morgan fingerprint density at radius 2 is 1.78 bits per heavy atom. The maximum atomic E-state index is 13.0. The SMILES string of the molecule is Cc1ccc(C)c(S(=O)(=O)NCCc2nc(-c3ccc(F)cc3)oc2C)c1. The number of hydrogen-bond donors (Lipinski definition) is 1. The van der Waals surface area contributed by atoms with Crippen molar-refractivity contribution in [1.82, 2.24) is 9.71 Å². The molecule has 0 aliphatic rings. The van der Waals surface area contributed by atoms with E-state index in [0.717, 1.165) is 5.56 Å². The zero-order valence-corrected chi connectivity index (χ0v) is 16.2. The zero-order valence-electron chi connectivity index (χ0n) is 15.4. The van der Waals surface area contributed by atoms with E-state index in [9.17, 15) is 12.8 Å². The Labute approximate surface area is 158 Å². The lowest BCUT2D eigenvalue weighted by Gasteiger charge is -2.09. The molecular weight excluding hydrogens is 367 g/mol. The monoisotopic (exact) mass is 388 g/mol. The summed E-state index contributed by atoms with van der Waals surface area (Å²) in [5.74, 6) is 0.670. The van der Waals surface area contributed by atoms with E-state index in [1.54, 1.807) is 38.1 Å². The molecular formula is C20H21FN2O3S. The van der Waals surface area contributed by atoms with Crippen molar-refractivity contribution in [1.29, 1.82) is 0 Å². The minimum Gasteiger partial charge on any atom is -0.441 e. The van der Waals surface area contributed by atoms with Gasteiger partial charge < -0.3 is 4.42 Å². The molecule has 2 aromatic carbocycles. The Morgan fingerprint density at radius 1 is 1.07 bits per heavy atom. The second-order valence-electron chi connectivity index (χ2n) is 6.45. The van der Waals surface area contributed by atoms with E-state index in [1.165, 1.54) is 12.1 Å². The summed E-state index contributed by atoms with van der Waals surface area (Å²) < 4.78 is 46.4. The van der Waals surface area contributed by atoms with Gasteiger partial charge >= 0.3 is 0 Å². The molecule has 0 spiro atoms. The predicted octanol–water partition coefficient (Wildman–Crippen LogP) is 3.93. The van der Waals surface area contributed by atoms with Crippen molar-refractivity contribution in [2.75, 3.05) is 6.54 Å². The van der Waals surface area contributed by atoms with Gasteiger partial charge in [-0.25, -0.2) is 22.5 Å². The zero-order chi connectivity index (χ0) is 19.6. The first kappa shape index (κ1) is 19.3. The molecule has 0 bridgehead atoms. The molecule has 0 aliphatic heterocycles. The van der Waals surface area contributed by atoms with E-state index in [4.69, 9.17) is 4.42 Å². The summed E-state index contributed by atoms with van der Waals surface area (Å²) in [5, 5.41) is 0. The lowest BCUT2D eigenvalue weighted by atomic mass is 10.2. The number of oxazole rings is 1. The first-order valence-electron chi connectivity index (χ1n) is 8.55. The van der Waals surface area contributed by atoms with Crippen LogP contribution < -0.4 is 4.72 Å². The van der Waals surface area contributed by atoms with Crippen molar-refractivity contribution in [3.8, 4) is 11.5 Å². The van der Waals surface area contributed by atoms with E-state index in [2.05, 4.69) is 9.71 Å². The molecule has 0 radical (unpaired) electrons. The molecule has 0 saturated heterocycles. The van der Waals surface area contributed by atoms with E-state index in [0.29, 0.717) is 34.9 Å². The molecule has 1 N–H and O–H groups in total. The van der Waals surface area contributed by atoms with Crippen LogP contribution in [0.2, 0.25) is 0 Å². The van der Waals surface area contributed by atoms with Crippen molar-refractivity contribution in [2.24, 2.45) is 0 Å². The van der Waals surface area contributed by atoms with Gasteiger partial charge in [-0.15, -0.1) is 0 Å². The average Bonchev–Trinajstić information content (AvgIpc) is 2.98. The van der Waals surface area contributed by atoms with E-state index >= 15 is 0 Å². The minimum atomic E-state index is -3.60. The van der Waals surface area contributed by atoms with Gasteiger partial charge in [-0.2, -0.15) is 0 Å². The number of hydrogen-bond acceptors (Lipinski definition) is 4. The first-order valence-corrected chi connectivity index (χ1v) is 10.0. The summed E-state index contributed by atoms with van der Waals surface area (Å²) in [6.45, 7) is 5.60. The van der Waals surface area contributed by atoms with Gasteiger partial charge in [0.05, 0.1) is 10.6 Å². The molecule has 27 heavy (non-hydrogen) atoms. The molecule has 0 fully saturated rings. The topological polar surface area (TPSA) is 72.2 Å². The van der Waals surface area contributed by atoms with Crippen LogP contribution in [-0.4, -0.2) is 19.9 Å². The molecule has 3 aromatic rings. The Hall–Kier alpha value is -2.51. The van der Waals surface area contributed by atoms with Crippen LogP contribution in [0.3, 0.4) is 0 Å². The fraction of sp³-hybridized carbons (Fsp3) is 0.250. The molecule has 3 rings (SSSR count). The Morgan fingerprint density at radius 3 is 2.48 bits per heavy atom. The first-order chi connectivity index (χ1) is 12.8. The molecule has 0 unspecified atom stereocenters. The lowest BCUT2D eigenvalue weighted by Crippen LogP contribution is -2.27. The van der Waals surface area contributed by atoms with Crippen molar-refractivity contribution >= 4 is 10.0 Å². The third kappa shape index (κ3) is 4.43.